The maximum absolute atomic E-state index is 12.7. The van der Waals surface area contributed by atoms with Crippen LogP contribution in [0, 0.1) is 0 Å². The molecule has 0 spiro atoms. The third-order valence-electron chi connectivity index (χ3n) is 5.09. The zero-order chi connectivity index (χ0) is 22.2. The third-order valence-corrected chi connectivity index (χ3v) is 5.98. The lowest BCUT2D eigenvalue weighted by molar-refractivity contribution is -0.117. The molecule has 6 heteroatoms. The maximum Gasteiger partial charge on any atom is 0.341 e. The van der Waals surface area contributed by atoms with E-state index in [0.717, 1.165) is 35.3 Å². The molecule has 0 atom stereocenters. The summed E-state index contributed by atoms with van der Waals surface area (Å²) < 4.78 is 5.29. The van der Waals surface area contributed by atoms with Crippen molar-refractivity contribution in [1.82, 2.24) is 4.90 Å². The summed E-state index contributed by atoms with van der Waals surface area (Å²) in [6, 6.07) is 18.2. The molecule has 0 fully saturated rings. The van der Waals surface area contributed by atoms with E-state index in [9.17, 15) is 9.59 Å². The van der Waals surface area contributed by atoms with Gasteiger partial charge in [-0.1, -0.05) is 68.4 Å². The number of benzene rings is 2. The SMILES string of the molecule is CCOC(=O)c1c(-c2ccc(-c3ccccc3)cc2)csc1NC(=O)CN(CC)CC. The number of rotatable bonds is 9. The van der Waals surface area contributed by atoms with Gasteiger partial charge in [-0.15, -0.1) is 11.3 Å². The van der Waals surface area contributed by atoms with Gasteiger partial charge in [0.25, 0.3) is 0 Å². The van der Waals surface area contributed by atoms with Crippen LogP contribution in [-0.4, -0.2) is 43.0 Å². The molecule has 0 bridgehead atoms. The molecule has 0 aliphatic heterocycles. The van der Waals surface area contributed by atoms with Crippen LogP contribution in [0.15, 0.2) is 60.0 Å². The minimum Gasteiger partial charge on any atom is -0.462 e. The predicted molar refractivity (Wildman–Crippen MR) is 128 cm³/mol. The van der Waals surface area contributed by atoms with Crippen LogP contribution in [0.4, 0.5) is 5.00 Å². The van der Waals surface area contributed by atoms with E-state index in [2.05, 4.69) is 17.4 Å². The van der Waals surface area contributed by atoms with Crippen molar-refractivity contribution in [3.05, 3.63) is 65.5 Å². The molecule has 1 aromatic heterocycles. The summed E-state index contributed by atoms with van der Waals surface area (Å²) in [5.74, 6) is -0.564. The fourth-order valence-electron chi connectivity index (χ4n) is 3.36. The Bertz CT molecular complexity index is 1010. The Morgan fingerprint density at radius 3 is 2.13 bits per heavy atom. The Morgan fingerprint density at radius 1 is 0.903 bits per heavy atom. The second kappa shape index (κ2) is 10.9. The number of hydrogen-bond acceptors (Lipinski definition) is 5. The molecular weight excluding hydrogens is 408 g/mol. The van der Waals surface area contributed by atoms with Crippen LogP contribution >= 0.6 is 11.3 Å². The van der Waals surface area contributed by atoms with Crippen molar-refractivity contribution in [2.24, 2.45) is 0 Å². The van der Waals surface area contributed by atoms with Crippen molar-refractivity contribution in [3.8, 4) is 22.3 Å². The second-order valence-corrected chi connectivity index (χ2v) is 7.91. The van der Waals surface area contributed by atoms with Gasteiger partial charge in [-0.25, -0.2) is 4.79 Å². The fourth-order valence-corrected chi connectivity index (χ4v) is 4.33. The van der Waals surface area contributed by atoms with Crippen LogP contribution in [0.25, 0.3) is 22.3 Å². The maximum atomic E-state index is 12.7. The lowest BCUT2D eigenvalue weighted by atomic mass is 9.99. The first-order valence-electron chi connectivity index (χ1n) is 10.5. The van der Waals surface area contributed by atoms with Gasteiger partial charge in [0.2, 0.25) is 5.91 Å². The van der Waals surface area contributed by atoms with E-state index >= 15 is 0 Å². The van der Waals surface area contributed by atoms with Crippen LogP contribution in [0.5, 0.6) is 0 Å². The molecular formula is C25H28N2O3S. The van der Waals surface area contributed by atoms with E-state index in [-0.39, 0.29) is 19.1 Å². The van der Waals surface area contributed by atoms with Gasteiger partial charge in [-0.05, 0) is 36.7 Å². The Hall–Kier alpha value is -2.96. The number of carbonyl (C=O) groups excluding carboxylic acids is 2. The molecule has 0 saturated heterocycles. The molecule has 1 amide bonds. The molecule has 3 rings (SSSR count). The van der Waals surface area contributed by atoms with Crippen LogP contribution in [0.1, 0.15) is 31.1 Å². The van der Waals surface area contributed by atoms with Crippen LogP contribution in [-0.2, 0) is 9.53 Å². The number of esters is 1. The molecule has 31 heavy (non-hydrogen) atoms. The highest BCUT2D eigenvalue weighted by Crippen LogP contribution is 2.37. The van der Waals surface area contributed by atoms with Crippen molar-refractivity contribution < 1.29 is 14.3 Å². The smallest absolute Gasteiger partial charge is 0.341 e. The van der Waals surface area contributed by atoms with Gasteiger partial charge in [-0.2, -0.15) is 0 Å². The molecule has 1 heterocycles. The number of ether oxygens (including phenoxy) is 1. The highest BCUT2D eigenvalue weighted by atomic mass is 32.1. The molecule has 1 N–H and O–H groups in total. The van der Waals surface area contributed by atoms with Crippen LogP contribution < -0.4 is 5.32 Å². The first-order valence-corrected chi connectivity index (χ1v) is 11.4. The largest absolute Gasteiger partial charge is 0.462 e. The highest BCUT2D eigenvalue weighted by Gasteiger charge is 2.23. The van der Waals surface area contributed by atoms with Crippen molar-refractivity contribution >= 4 is 28.2 Å². The number of thiophene rings is 1. The van der Waals surface area contributed by atoms with Gasteiger partial charge < -0.3 is 10.1 Å². The van der Waals surface area contributed by atoms with Gasteiger partial charge in [0.15, 0.2) is 0 Å². The molecule has 3 aromatic rings. The molecule has 0 saturated carbocycles. The monoisotopic (exact) mass is 436 g/mol. The summed E-state index contributed by atoms with van der Waals surface area (Å²) in [7, 11) is 0. The normalized spacial score (nSPS) is 10.8. The van der Waals surface area contributed by atoms with Gasteiger partial charge in [-0.3, -0.25) is 9.69 Å². The summed E-state index contributed by atoms with van der Waals surface area (Å²) in [6.45, 7) is 7.95. The Morgan fingerprint density at radius 2 is 1.52 bits per heavy atom. The molecule has 162 valence electrons. The van der Waals surface area contributed by atoms with Crippen LogP contribution in [0.3, 0.4) is 0 Å². The van der Waals surface area contributed by atoms with E-state index in [1.807, 2.05) is 66.6 Å². The molecule has 5 nitrogen and oxygen atoms in total. The van der Waals surface area contributed by atoms with E-state index in [1.165, 1.54) is 11.3 Å². The minimum absolute atomic E-state index is 0.137. The number of carbonyl (C=O) groups is 2. The zero-order valence-corrected chi connectivity index (χ0v) is 19.0. The van der Waals surface area contributed by atoms with E-state index in [4.69, 9.17) is 4.74 Å². The molecule has 0 aliphatic rings. The summed E-state index contributed by atoms with van der Waals surface area (Å²) in [5.41, 5.74) is 4.32. The lowest BCUT2D eigenvalue weighted by Crippen LogP contribution is -2.33. The zero-order valence-electron chi connectivity index (χ0n) is 18.2. The molecule has 0 unspecified atom stereocenters. The van der Waals surface area contributed by atoms with E-state index in [1.54, 1.807) is 6.92 Å². The van der Waals surface area contributed by atoms with Gasteiger partial charge in [0, 0.05) is 10.9 Å². The minimum atomic E-state index is -0.427. The van der Waals surface area contributed by atoms with Gasteiger partial charge >= 0.3 is 5.97 Å². The Labute approximate surface area is 187 Å². The summed E-state index contributed by atoms with van der Waals surface area (Å²) in [4.78, 5) is 27.3. The number of nitrogens with one attached hydrogen (secondary N) is 1. The van der Waals surface area contributed by atoms with Crippen molar-refractivity contribution in [2.45, 2.75) is 20.8 Å². The van der Waals surface area contributed by atoms with Crippen molar-refractivity contribution in [2.75, 3.05) is 31.6 Å². The topological polar surface area (TPSA) is 58.6 Å². The summed E-state index contributed by atoms with van der Waals surface area (Å²) in [5, 5.41) is 5.34. The van der Waals surface area contributed by atoms with E-state index in [0.29, 0.717) is 10.6 Å². The number of anilines is 1. The fraction of sp³-hybridized carbons (Fsp3) is 0.280. The number of nitrogens with zero attached hydrogens (tertiary/aromatic N) is 1. The van der Waals surface area contributed by atoms with Gasteiger partial charge in [0.05, 0.1) is 13.2 Å². The average Bonchev–Trinajstić information content (AvgIpc) is 3.21. The third kappa shape index (κ3) is 5.60. The highest BCUT2D eigenvalue weighted by molar-refractivity contribution is 7.15. The summed E-state index contributed by atoms with van der Waals surface area (Å²) >= 11 is 1.35. The lowest BCUT2D eigenvalue weighted by Gasteiger charge is -2.17. The Kier molecular flexibility index (Phi) is 7.98. The molecule has 2 aromatic carbocycles. The van der Waals surface area contributed by atoms with Crippen LogP contribution in [0.2, 0.25) is 0 Å². The average molecular weight is 437 g/mol. The van der Waals surface area contributed by atoms with E-state index < -0.39 is 5.97 Å². The number of amides is 1. The van der Waals surface area contributed by atoms with Crippen molar-refractivity contribution in [3.63, 3.8) is 0 Å². The quantitative estimate of drug-likeness (QED) is 0.448. The van der Waals surface area contributed by atoms with Gasteiger partial charge in [0.1, 0.15) is 10.6 Å². The first-order chi connectivity index (χ1) is 15.1. The number of likely N-dealkylation sites (N-methyl/N-ethyl adjacent to an activating group) is 1. The molecule has 0 aliphatic carbocycles. The number of hydrogen-bond donors (Lipinski definition) is 1. The predicted octanol–water partition coefficient (Wildman–Crippen LogP) is 5.54. The second-order valence-electron chi connectivity index (χ2n) is 7.03. The standard InChI is InChI=1S/C25H28N2O3S/c1-4-27(5-2)16-22(28)26-24-23(25(29)30-6-3)21(17-31-24)20-14-12-19(13-15-20)18-10-8-7-9-11-18/h7-15,17H,4-6,16H2,1-3H3,(H,26,28). The summed E-state index contributed by atoms with van der Waals surface area (Å²) in [6.07, 6.45) is 0. The van der Waals surface area contributed by atoms with Crippen molar-refractivity contribution in [1.29, 1.82) is 0 Å². The molecule has 0 radical (unpaired) electrons. The Balaban J connectivity index is 1.90. The first kappa shape index (κ1) is 22.7.